The van der Waals surface area contributed by atoms with E-state index >= 15 is 8.78 Å². The Morgan fingerprint density at radius 2 is 1.63 bits per heavy atom. The fourth-order valence-electron chi connectivity index (χ4n) is 9.73. The van der Waals surface area contributed by atoms with Gasteiger partial charge in [0.05, 0.1) is 42.5 Å². The van der Waals surface area contributed by atoms with E-state index in [4.69, 9.17) is 33.1 Å². The van der Waals surface area contributed by atoms with Gasteiger partial charge in [-0.05, 0) is 92.8 Å². The third-order valence-electron chi connectivity index (χ3n) is 13.0. The van der Waals surface area contributed by atoms with Crippen molar-refractivity contribution in [3.63, 3.8) is 0 Å². The molecule has 0 spiro atoms. The second kappa shape index (κ2) is 18.6. The van der Waals surface area contributed by atoms with Crippen LogP contribution in [0, 0.1) is 46.3 Å². The molecular weight excluding hydrogens is 873 g/mol. The van der Waals surface area contributed by atoms with Crippen LogP contribution in [0.5, 0.6) is 11.8 Å². The Kier molecular flexibility index (Phi) is 13.8. The van der Waals surface area contributed by atoms with E-state index < -0.39 is 32.8 Å². The fraction of sp³-hybridized carbons (Fsp3) is 0.583. The van der Waals surface area contributed by atoms with Crippen molar-refractivity contribution in [2.24, 2.45) is 23.2 Å². The van der Waals surface area contributed by atoms with Crippen LogP contribution >= 0.6 is 0 Å². The topological polar surface area (TPSA) is 143 Å². The number of amides is 1. The standard InChI is InChI=1S/C48H61F2N5O8SSi/c1-28(2)48(29(3)4,30(5)6)65-19-16-35-38(49)15-12-31-20-34(61-27-59-10)21-36(39(31)35)41-40(50)42-37(22-51-41)43(53-44(52-42)60-25-47(17-18-47)26-62-64(11,57)58)54-23-32-13-14-33(24-54)55(32)45(56)63-46(7,8)9/h12,15,20-22,28-30,32-33H,13-14,17-18,23-27H2,1-11H3. The SMILES string of the molecule is COCOc1cc(-c2ncc3c(N4CC5CCC(C4)N5C(=O)OC(C)(C)C)nc(OCC4(COS(C)(=O)=O)CC4)nc3c2F)c2c(C#C[Si]C(C(C)C)(C(C)C)C(C)C)c(F)ccc2c1. The molecule has 17 heteroatoms. The molecule has 2 radical (unpaired) electrons. The number of anilines is 1. The van der Waals surface area contributed by atoms with Crippen molar-refractivity contribution in [3.8, 4) is 34.5 Å². The predicted octanol–water partition coefficient (Wildman–Crippen LogP) is 8.97. The number of hydrogen-bond acceptors (Lipinski definition) is 12. The zero-order chi connectivity index (χ0) is 47.2. The summed E-state index contributed by atoms with van der Waals surface area (Å²) in [4.78, 5) is 31.4. The molecule has 2 atom stereocenters. The van der Waals surface area contributed by atoms with Crippen LogP contribution < -0.4 is 14.4 Å². The molecule has 1 aliphatic carbocycles. The third-order valence-corrected chi connectivity index (χ3v) is 16.0. The number of rotatable bonds is 15. The number of aromatic nitrogens is 3. The summed E-state index contributed by atoms with van der Waals surface area (Å²) in [6, 6.07) is 5.80. The molecule has 65 heavy (non-hydrogen) atoms. The molecule has 2 saturated heterocycles. The van der Waals surface area contributed by atoms with Crippen molar-refractivity contribution < 1.29 is 45.1 Å². The first kappa shape index (κ1) is 48.3. The first-order valence-corrected chi connectivity index (χ1v) is 25.1. The number of carbonyl (C=O) groups excluding carboxylic acids is 1. The average molecular weight is 934 g/mol. The predicted molar refractivity (Wildman–Crippen MR) is 248 cm³/mol. The van der Waals surface area contributed by atoms with E-state index in [0.29, 0.717) is 71.4 Å². The Balaban J connectivity index is 1.36. The molecule has 2 bridgehead atoms. The molecule has 1 saturated carbocycles. The van der Waals surface area contributed by atoms with Crippen molar-refractivity contribution in [3.05, 3.63) is 47.7 Å². The maximum atomic E-state index is 17.8. The minimum Gasteiger partial charge on any atom is -0.468 e. The van der Waals surface area contributed by atoms with Gasteiger partial charge in [-0.1, -0.05) is 53.5 Å². The number of nitrogens with zero attached hydrogens (tertiary/aromatic N) is 5. The second-order valence-corrected chi connectivity index (χ2v) is 22.8. The summed E-state index contributed by atoms with van der Waals surface area (Å²) in [5.74, 6) is 3.51. The summed E-state index contributed by atoms with van der Waals surface area (Å²) in [6.45, 7) is 19.4. The van der Waals surface area contributed by atoms with Crippen LogP contribution in [-0.2, 0) is 23.8 Å². The second-order valence-electron chi connectivity index (χ2n) is 19.8. The maximum absolute atomic E-state index is 17.8. The minimum absolute atomic E-state index is 0.0297. The summed E-state index contributed by atoms with van der Waals surface area (Å²) < 4.78 is 86.0. The number of ether oxygens (including phenoxy) is 4. The highest BCUT2D eigenvalue weighted by molar-refractivity contribution is 7.86. The van der Waals surface area contributed by atoms with Gasteiger partial charge in [-0.2, -0.15) is 18.4 Å². The van der Waals surface area contributed by atoms with Crippen molar-refractivity contribution in [2.45, 2.75) is 111 Å². The molecule has 0 N–H and O–H groups in total. The van der Waals surface area contributed by atoms with Crippen molar-refractivity contribution in [1.82, 2.24) is 19.9 Å². The number of carbonyl (C=O) groups is 1. The lowest BCUT2D eigenvalue weighted by molar-refractivity contribution is 0.0122. The normalized spacial score (nSPS) is 18.5. The van der Waals surface area contributed by atoms with Gasteiger partial charge in [0.25, 0.3) is 10.1 Å². The van der Waals surface area contributed by atoms with E-state index in [1.807, 2.05) is 25.7 Å². The first-order chi connectivity index (χ1) is 30.6. The molecule has 2 aromatic heterocycles. The van der Waals surface area contributed by atoms with Crippen LogP contribution in [0.2, 0.25) is 5.04 Å². The van der Waals surface area contributed by atoms with Gasteiger partial charge in [-0.25, -0.2) is 13.6 Å². The van der Waals surface area contributed by atoms with E-state index in [-0.39, 0.29) is 81.1 Å². The molecule has 3 fully saturated rings. The molecule has 2 aliphatic heterocycles. The molecular formula is C48H61F2N5O8SSi. The largest absolute Gasteiger partial charge is 0.468 e. The molecule has 1 amide bonds. The van der Waals surface area contributed by atoms with Crippen molar-refractivity contribution in [1.29, 1.82) is 0 Å². The van der Waals surface area contributed by atoms with E-state index in [1.165, 1.54) is 19.4 Å². The summed E-state index contributed by atoms with van der Waals surface area (Å²) >= 11 is 0. The molecule has 7 rings (SSSR count). The van der Waals surface area contributed by atoms with Gasteiger partial charge in [0.2, 0.25) is 0 Å². The lowest BCUT2D eigenvalue weighted by atomic mass is 9.76. The summed E-state index contributed by atoms with van der Waals surface area (Å²) in [7, 11) is -2.01. The summed E-state index contributed by atoms with van der Waals surface area (Å²) in [6.07, 6.45) is 4.94. The highest BCUT2D eigenvalue weighted by atomic mass is 32.2. The molecule has 3 aliphatic rings. The quantitative estimate of drug-likeness (QED) is 0.0486. The van der Waals surface area contributed by atoms with E-state index in [2.05, 4.69) is 58.0 Å². The number of benzene rings is 2. The first-order valence-electron chi connectivity index (χ1n) is 22.3. The van der Waals surface area contributed by atoms with Crippen LogP contribution in [0.1, 0.15) is 93.6 Å². The lowest BCUT2D eigenvalue weighted by Gasteiger charge is -2.43. The summed E-state index contributed by atoms with van der Waals surface area (Å²) in [5, 5.41) is 1.12. The zero-order valence-electron chi connectivity index (χ0n) is 39.3. The van der Waals surface area contributed by atoms with Crippen LogP contribution in [0.25, 0.3) is 32.9 Å². The Morgan fingerprint density at radius 3 is 2.22 bits per heavy atom. The molecule has 350 valence electrons. The van der Waals surface area contributed by atoms with Gasteiger partial charge in [-0.3, -0.25) is 14.1 Å². The van der Waals surface area contributed by atoms with Gasteiger partial charge >= 0.3 is 12.1 Å². The van der Waals surface area contributed by atoms with Crippen LogP contribution in [0.15, 0.2) is 30.5 Å². The third kappa shape index (κ3) is 10.2. The molecule has 4 aromatic rings. The molecule has 2 aromatic carbocycles. The Labute approximate surface area is 384 Å². The number of methoxy groups -OCH3 is 1. The monoisotopic (exact) mass is 933 g/mol. The highest BCUT2D eigenvalue weighted by Gasteiger charge is 2.47. The maximum Gasteiger partial charge on any atom is 0.410 e. The van der Waals surface area contributed by atoms with Gasteiger partial charge in [0.15, 0.2) is 22.1 Å². The van der Waals surface area contributed by atoms with Gasteiger partial charge in [0, 0.05) is 42.8 Å². The molecule has 4 heterocycles. The Bertz CT molecular complexity index is 2590. The average Bonchev–Trinajstić information content (AvgIpc) is 3.95. The van der Waals surface area contributed by atoms with Crippen LogP contribution in [0.4, 0.5) is 19.4 Å². The number of fused-ring (bicyclic) bond motifs is 4. The van der Waals surface area contributed by atoms with E-state index in [9.17, 15) is 13.2 Å². The van der Waals surface area contributed by atoms with Crippen molar-refractivity contribution in [2.75, 3.05) is 51.4 Å². The Hall–Kier alpha value is -4.63. The van der Waals surface area contributed by atoms with Crippen LogP contribution in [-0.4, -0.2) is 108 Å². The fourth-order valence-corrected chi connectivity index (χ4v) is 11.5. The smallest absolute Gasteiger partial charge is 0.410 e. The highest BCUT2D eigenvalue weighted by Crippen LogP contribution is 2.50. The number of piperazine rings is 1. The van der Waals surface area contributed by atoms with E-state index in [0.717, 1.165) is 19.1 Å². The lowest BCUT2D eigenvalue weighted by Crippen LogP contribution is -2.57. The minimum atomic E-state index is -3.70. The zero-order valence-corrected chi connectivity index (χ0v) is 41.1. The van der Waals surface area contributed by atoms with Crippen molar-refractivity contribution >= 4 is 53.2 Å². The summed E-state index contributed by atoms with van der Waals surface area (Å²) in [5.41, 5.74) is 2.28. The van der Waals surface area contributed by atoms with Gasteiger partial charge < -0.3 is 23.8 Å². The van der Waals surface area contributed by atoms with E-state index in [1.54, 1.807) is 23.1 Å². The number of hydrogen-bond donors (Lipinski definition) is 0. The van der Waals surface area contributed by atoms with Crippen LogP contribution in [0.3, 0.4) is 0 Å². The number of halogens is 2. The van der Waals surface area contributed by atoms with Gasteiger partial charge in [0.1, 0.15) is 34.2 Å². The van der Waals surface area contributed by atoms with Gasteiger partial charge in [-0.15, -0.1) is 5.54 Å². The molecule has 13 nitrogen and oxygen atoms in total. The Morgan fingerprint density at radius 1 is 0.969 bits per heavy atom. The number of pyridine rings is 1. The molecule has 2 unspecified atom stereocenters.